The van der Waals surface area contributed by atoms with Crippen LogP contribution in [0.4, 0.5) is 13.2 Å². The van der Waals surface area contributed by atoms with Gasteiger partial charge in [0.05, 0.1) is 5.71 Å². The van der Waals surface area contributed by atoms with Gasteiger partial charge in [0.2, 0.25) is 0 Å². The molecule has 0 radical (unpaired) electrons. The summed E-state index contributed by atoms with van der Waals surface area (Å²) in [6.07, 6.45) is -4.67. The fourth-order valence-electron chi connectivity index (χ4n) is 3.97. The summed E-state index contributed by atoms with van der Waals surface area (Å²) in [6.45, 7) is 2.02. The molecule has 192 valence electrons. The molecule has 10 heteroatoms. The van der Waals surface area contributed by atoms with Crippen molar-refractivity contribution in [1.29, 1.82) is 0 Å². The Bertz CT molecular complexity index is 1430. The number of nitrogens with zero attached hydrogens (tertiary/aromatic N) is 3. The molecular formula is C27H24ClF3N4O2. The number of alkyl halides is 3. The molecule has 0 spiro atoms. The van der Waals surface area contributed by atoms with Crippen molar-refractivity contribution < 1.29 is 23.0 Å². The Labute approximate surface area is 217 Å². The second-order valence-corrected chi connectivity index (χ2v) is 8.72. The highest BCUT2D eigenvalue weighted by atomic mass is 35.5. The fourth-order valence-corrected chi connectivity index (χ4v) is 4.10. The van der Waals surface area contributed by atoms with Gasteiger partial charge in [0, 0.05) is 36.3 Å². The van der Waals surface area contributed by atoms with Crippen molar-refractivity contribution in [1.82, 2.24) is 15.2 Å². The van der Waals surface area contributed by atoms with E-state index in [-0.39, 0.29) is 29.2 Å². The number of hydrogen-bond acceptors (Lipinski definition) is 5. The van der Waals surface area contributed by atoms with Crippen molar-refractivity contribution in [2.45, 2.75) is 19.7 Å². The van der Waals surface area contributed by atoms with Crippen molar-refractivity contribution in [3.05, 3.63) is 88.6 Å². The number of hydrazone groups is 1. The van der Waals surface area contributed by atoms with E-state index in [1.54, 1.807) is 56.4 Å². The number of halogens is 4. The quantitative estimate of drug-likeness (QED) is 0.208. The molecule has 1 heterocycles. The molecule has 0 aliphatic rings. The third kappa shape index (κ3) is 5.72. The van der Waals surface area contributed by atoms with Gasteiger partial charge in [-0.2, -0.15) is 23.4 Å². The van der Waals surface area contributed by atoms with E-state index < -0.39 is 11.9 Å². The lowest BCUT2D eigenvalue weighted by Gasteiger charge is -2.13. The highest BCUT2D eigenvalue weighted by Crippen LogP contribution is 2.44. The zero-order valence-electron chi connectivity index (χ0n) is 20.3. The van der Waals surface area contributed by atoms with E-state index in [1.807, 2.05) is 12.1 Å². The molecule has 0 bridgehead atoms. The molecule has 0 saturated carbocycles. The van der Waals surface area contributed by atoms with Crippen LogP contribution in [0, 0.1) is 0 Å². The minimum atomic E-state index is -4.67. The number of aromatic hydroxyl groups is 1. The van der Waals surface area contributed by atoms with E-state index >= 15 is 0 Å². The Morgan fingerprint density at radius 2 is 1.76 bits per heavy atom. The summed E-state index contributed by atoms with van der Waals surface area (Å²) in [4.78, 5) is 0. The van der Waals surface area contributed by atoms with Gasteiger partial charge in [-0.1, -0.05) is 48.0 Å². The maximum atomic E-state index is 14.1. The van der Waals surface area contributed by atoms with Crippen LogP contribution < -0.4 is 10.2 Å². The number of rotatable bonds is 7. The van der Waals surface area contributed by atoms with Crippen molar-refractivity contribution in [3.63, 3.8) is 0 Å². The molecule has 1 aromatic heterocycles. The number of benzene rings is 3. The first kappa shape index (κ1) is 26.1. The Hall–Kier alpha value is -3.98. The van der Waals surface area contributed by atoms with Gasteiger partial charge >= 0.3 is 6.18 Å². The molecule has 0 fully saturated rings. The van der Waals surface area contributed by atoms with E-state index in [0.29, 0.717) is 22.0 Å². The SMILES string of the molecule is CN/N=C(\C)c1ccc(-c2c(-c3ccc(OCc4ccc(Cl)cc4)cc3O)nn(C)c2C(F)(F)F)cc1. The smallest absolute Gasteiger partial charge is 0.433 e. The summed E-state index contributed by atoms with van der Waals surface area (Å²) < 4.78 is 48.8. The van der Waals surface area contributed by atoms with Crippen LogP contribution >= 0.6 is 11.6 Å². The average Bonchev–Trinajstić information content (AvgIpc) is 3.21. The molecular weight excluding hydrogens is 505 g/mol. The minimum Gasteiger partial charge on any atom is -0.507 e. The molecule has 4 rings (SSSR count). The molecule has 0 saturated heterocycles. The summed E-state index contributed by atoms with van der Waals surface area (Å²) in [5.74, 6) is 0.101. The Morgan fingerprint density at radius 1 is 1.08 bits per heavy atom. The summed E-state index contributed by atoms with van der Waals surface area (Å²) in [6, 6.07) is 18.1. The van der Waals surface area contributed by atoms with Crippen molar-refractivity contribution in [2.24, 2.45) is 12.1 Å². The maximum absolute atomic E-state index is 14.1. The van der Waals surface area contributed by atoms with Crippen LogP contribution in [0.1, 0.15) is 23.7 Å². The molecule has 6 nitrogen and oxygen atoms in total. The summed E-state index contributed by atoms with van der Waals surface area (Å²) in [5, 5.41) is 19.6. The third-order valence-corrected chi connectivity index (χ3v) is 5.98. The second-order valence-electron chi connectivity index (χ2n) is 8.29. The van der Waals surface area contributed by atoms with Gasteiger partial charge < -0.3 is 15.3 Å². The maximum Gasteiger partial charge on any atom is 0.433 e. The normalized spacial score (nSPS) is 12.0. The van der Waals surface area contributed by atoms with Crippen LogP contribution in [0.5, 0.6) is 11.5 Å². The number of aryl methyl sites for hydroxylation is 1. The molecule has 0 amide bonds. The van der Waals surface area contributed by atoms with Gasteiger partial charge in [0.15, 0.2) is 5.69 Å². The zero-order chi connectivity index (χ0) is 26.7. The monoisotopic (exact) mass is 528 g/mol. The Balaban J connectivity index is 1.73. The third-order valence-electron chi connectivity index (χ3n) is 5.73. The number of phenolic OH excluding ortho intramolecular Hbond substituents is 1. The van der Waals surface area contributed by atoms with E-state index in [4.69, 9.17) is 16.3 Å². The van der Waals surface area contributed by atoms with Gasteiger partial charge in [0.1, 0.15) is 23.8 Å². The van der Waals surface area contributed by atoms with E-state index in [9.17, 15) is 18.3 Å². The first-order valence-corrected chi connectivity index (χ1v) is 11.6. The van der Waals surface area contributed by atoms with E-state index in [0.717, 1.165) is 15.8 Å². The van der Waals surface area contributed by atoms with Crippen LogP contribution in [-0.2, 0) is 19.8 Å². The first-order valence-electron chi connectivity index (χ1n) is 11.2. The number of ether oxygens (including phenoxy) is 1. The number of nitrogens with one attached hydrogen (secondary N) is 1. The minimum absolute atomic E-state index is 0.00457. The Kier molecular flexibility index (Phi) is 7.45. The summed E-state index contributed by atoms with van der Waals surface area (Å²) in [5.41, 5.74) is 4.40. The lowest BCUT2D eigenvalue weighted by molar-refractivity contribution is -0.143. The number of phenols is 1. The topological polar surface area (TPSA) is 71.7 Å². The van der Waals surface area contributed by atoms with Crippen LogP contribution in [0.15, 0.2) is 71.8 Å². The molecule has 0 atom stereocenters. The van der Waals surface area contributed by atoms with Crippen molar-refractivity contribution in [2.75, 3.05) is 7.05 Å². The number of aromatic nitrogens is 2. The molecule has 0 aliphatic carbocycles. The molecule has 2 N–H and O–H groups in total. The standard InChI is InChI=1S/C27H24ClF3N4O2/c1-16(33-32-2)18-6-8-19(9-7-18)24-25(34-35(3)26(24)27(29,30)31)22-13-12-21(14-23(22)36)37-15-17-4-10-20(28)11-5-17/h4-14,32,36H,15H2,1-3H3/b33-16+. The summed E-state index contributed by atoms with van der Waals surface area (Å²) in [7, 11) is 2.89. The Morgan fingerprint density at radius 3 is 2.35 bits per heavy atom. The van der Waals surface area contributed by atoms with Crippen LogP contribution in [-0.4, -0.2) is 27.6 Å². The van der Waals surface area contributed by atoms with Gasteiger partial charge in [-0.15, -0.1) is 0 Å². The van der Waals surface area contributed by atoms with E-state index in [2.05, 4.69) is 15.6 Å². The lowest BCUT2D eigenvalue weighted by Crippen LogP contribution is -2.13. The largest absolute Gasteiger partial charge is 0.507 e. The van der Waals surface area contributed by atoms with Gasteiger partial charge in [0.25, 0.3) is 0 Å². The number of hydrogen-bond donors (Lipinski definition) is 2. The fraction of sp³-hybridized carbons (Fsp3) is 0.185. The van der Waals surface area contributed by atoms with Crippen LogP contribution in [0.2, 0.25) is 5.02 Å². The van der Waals surface area contributed by atoms with Gasteiger partial charge in [-0.05, 0) is 47.9 Å². The van der Waals surface area contributed by atoms with Crippen molar-refractivity contribution >= 4 is 17.3 Å². The second kappa shape index (κ2) is 10.6. The predicted octanol–water partition coefficient (Wildman–Crippen LogP) is 6.65. The first-order chi connectivity index (χ1) is 17.6. The highest BCUT2D eigenvalue weighted by molar-refractivity contribution is 6.30. The molecule has 4 aromatic rings. The predicted molar refractivity (Wildman–Crippen MR) is 138 cm³/mol. The zero-order valence-corrected chi connectivity index (χ0v) is 21.0. The van der Waals surface area contributed by atoms with Crippen LogP contribution in [0.3, 0.4) is 0 Å². The van der Waals surface area contributed by atoms with Crippen LogP contribution in [0.25, 0.3) is 22.4 Å². The molecule has 0 aliphatic heterocycles. The van der Waals surface area contributed by atoms with Gasteiger partial charge in [-0.3, -0.25) is 4.68 Å². The van der Waals surface area contributed by atoms with Gasteiger partial charge in [-0.25, -0.2) is 0 Å². The van der Waals surface area contributed by atoms with E-state index in [1.165, 1.54) is 19.2 Å². The molecule has 3 aromatic carbocycles. The summed E-state index contributed by atoms with van der Waals surface area (Å²) >= 11 is 5.90. The average molecular weight is 529 g/mol. The molecule has 0 unspecified atom stereocenters. The molecule has 37 heavy (non-hydrogen) atoms. The van der Waals surface area contributed by atoms with Crippen molar-refractivity contribution in [3.8, 4) is 33.9 Å². The highest BCUT2D eigenvalue weighted by Gasteiger charge is 2.40. The lowest BCUT2D eigenvalue weighted by atomic mass is 9.96.